The number of thiazole rings is 1. The van der Waals surface area contributed by atoms with E-state index in [4.69, 9.17) is 5.73 Å². The van der Waals surface area contributed by atoms with Crippen molar-refractivity contribution in [3.8, 4) is 0 Å². The zero-order valence-electron chi connectivity index (χ0n) is 10.3. The monoisotopic (exact) mass is 239 g/mol. The Morgan fingerprint density at radius 3 is 2.94 bits per heavy atom. The van der Waals surface area contributed by atoms with Gasteiger partial charge in [-0.05, 0) is 33.6 Å². The molecule has 4 heteroatoms. The number of aromatic nitrogens is 1. The van der Waals surface area contributed by atoms with Crippen molar-refractivity contribution >= 4 is 11.3 Å². The van der Waals surface area contributed by atoms with Gasteiger partial charge in [-0.2, -0.15) is 0 Å². The van der Waals surface area contributed by atoms with Crippen molar-refractivity contribution in [2.24, 2.45) is 5.73 Å². The van der Waals surface area contributed by atoms with E-state index in [1.807, 2.05) is 0 Å². The number of nitrogens with zero attached hydrogens (tertiary/aromatic N) is 2. The average molecular weight is 239 g/mol. The fraction of sp³-hybridized carbons (Fsp3) is 0.750. The quantitative estimate of drug-likeness (QED) is 0.861. The minimum absolute atomic E-state index is 0.385. The molecule has 1 fully saturated rings. The fourth-order valence-corrected chi connectivity index (χ4v) is 3.24. The van der Waals surface area contributed by atoms with E-state index in [-0.39, 0.29) is 0 Å². The van der Waals surface area contributed by atoms with E-state index in [0.717, 1.165) is 24.4 Å². The molecule has 0 spiro atoms. The summed E-state index contributed by atoms with van der Waals surface area (Å²) >= 11 is 1.74. The maximum atomic E-state index is 5.99. The second-order valence-corrected chi connectivity index (χ2v) is 5.90. The van der Waals surface area contributed by atoms with Crippen molar-refractivity contribution in [2.75, 3.05) is 6.54 Å². The number of aryl methyl sites for hydroxylation is 1. The van der Waals surface area contributed by atoms with E-state index in [0.29, 0.717) is 18.1 Å². The smallest absolute Gasteiger partial charge is 0.0898 e. The van der Waals surface area contributed by atoms with Crippen LogP contribution in [0.2, 0.25) is 0 Å². The van der Waals surface area contributed by atoms with Gasteiger partial charge in [-0.3, -0.25) is 4.90 Å². The van der Waals surface area contributed by atoms with Gasteiger partial charge in [-0.25, -0.2) is 4.98 Å². The van der Waals surface area contributed by atoms with E-state index in [9.17, 15) is 0 Å². The molecule has 1 aliphatic heterocycles. The molecule has 0 radical (unpaired) electrons. The van der Waals surface area contributed by atoms with Gasteiger partial charge in [0.1, 0.15) is 0 Å². The first kappa shape index (κ1) is 12.0. The Kier molecular flexibility index (Phi) is 3.62. The Morgan fingerprint density at radius 1 is 1.62 bits per heavy atom. The van der Waals surface area contributed by atoms with E-state index in [1.165, 1.54) is 5.69 Å². The third kappa shape index (κ3) is 2.44. The van der Waals surface area contributed by atoms with Crippen LogP contribution in [0.3, 0.4) is 0 Å². The number of piperidine rings is 1. The predicted octanol–water partition coefficient (Wildman–Crippen LogP) is 2.32. The molecule has 3 nitrogen and oxygen atoms in total. The highest BCUT2D eigenvalue weighted by Crippen LogP contribution is 2.28. The van der Waals surface area contributed by atoms with E-state index >= 15 is 0 Å². The van der Waals surface area contributed by atoms with Crippen LogP contribution >= 0.6 is 11.3 Å². The topological polar surface area (TPSA) is 42.2 Å². The molecule has 90 valence electrons. The normalized spacial score (nSPS) is 29.2. The van der Waals surface area contributed by atoms with Crippen LogP contribution in [-0.4, -0.2) is 28.5 Å². The summed E-state index contributed by atoms with van der Waals surface area (Å²) in [6, 6.07) is 1.38. The van der Waals surface area contributed by atoms with Gasteiger partial charge in [0.05, 0.1) is 16.7 Å². The van der Waals surface area contributed by atoms with Crippen LogP contribution in [0.25, 0.3) is 0 Å². The highest BCUT2D eigenvalue weighted by Gasteiger charge is 2.28. The molecular formula is C12H21N3S. The lowest BCUT2D eigenvalue weighted by Gasteiger charge is -2.39. The second kappa shape index (κ2) is 4.82. The first-order chi connectivity index (χ1) is 7.58. The SMILES string of the molecule is Cc1nc(C(C)N2CCC(N)CC2C)cs1. The van der Waals surface area contributed by atoms with Gasteiger partial charge in [0.15, 0.2) is 0 Å². The summed E-state index contributed by atoms with van der Waals surface area (Å²) in [6.07, 6.45) is 2.21. The highest BCUT2D eigenvalue weighted by atomic mass is 32.1. The first-order valence-corrected chi connectivity index (χ1v) is 6.89. The van der Waals surface area contributed by atoms with E-state index in [1.54, 1.807) is 11.3 Å². The van der Waals surface area contributed by atoms with E-state index in [2.05, 4.69) is 36.0 Å². The summed E-state index contributed by atoms with van der Waals surface area (Å²) in [5, 5.41) is 3.34. The van der Waals surface area contributed by atoms with Crippen molar-refractivity contribution in [3.63, 3.8) is 0 Å². The van der Waals surface area contributed by atoms with Crippen LogP contribution in [0.5, 0.6) is 0 Å². The standard InChI is InChI=1S/C12H21N3S/c1-8-6-11(13)4-5-15(8)9(2)12-7-16-10(3)14-12/h7-9,11H,4-6,13H2,1-3H3. The third-order valence-corrected chi connectivity index (χ3v) is 4.32. The molecule has 2 N–H and O–H groups in total. The zero-order valence-corrected chi connectivity index (χ0v) is 11.1. The van der Waals surface area contributed by atoms with E-state index < -0.39 is 0 Å². The Balaban J connectivity index is 2.07. The molecule has 3 atom stereocenters. The maximum absolute atomic E-state index is 5.99. The van der Waals surface area contributed by atoms with Crippen molar-refractivity contribution in [1.82, 2.24) is 9.88 Å². The Hall–Kier alpha value is -0.450. The zero-order chi connectivity index (χ0) is 11.7. The van der Waals surface area contributed by atoms with Crippen LogP contribution in [0.15, 0.2) is 5.38 Å². The summed E-state index contributed by atoms with van der Waals surface area (Å²) in [5.74, 6) is 0. The van der Waals surface area contributed by atoms with Crippen molar-refractivity contribution in [2.45, 2.75) is 51.7 Å². The second-order valence-electron chi connectivity index (χ2n) is 4.84. The Labute approximate surface area is 102 Å². The molecule has 2 heterocycles. The number of likely N-dealkylation sites (tertiary alicyclic amines) is 1. The molecule has 1 saturated heterocycles. The van der Waals surface area contributed by atoms with Gasteiger partial charge < -0.3 is 5.73 Å². The van der Waals surface area contributed by atoms with Crippen LogP contribution in [0.1, 0.15) is 43.4 Å². The van der Waals surface area contributed by atoms with Gasteiger partial charge >= 0.3 is 0 Å². The molecule has 3 unspecified atom stereocenters. The van der Waals surface area contributed by atoms with Gasteiger partial charge in [-0.1, -0.05) is 0 Å². The van der Waals surface area contributed by atoms with Crippen molar-refractivity contribution < 1.29 is 0 Å². The number of rotatable bonds is 2. The molecule has 0 amide bonds. The predicted molar refractivity (Wildman–Crippen MR) is 68.6 cm³/mol. The summed E-state index contributed by atoms with van der Waals surface area (Å²) in [7, 11) is 0. The average Bonchev–Trinajstić information content (AvgIpc) is 2.64. The Morgan fingerprint density at radius 2 is 2.38 bits per heavy atom. The summed E-state index contributed by atoms with van der Waals surface area (Å²) in [5.41, 5.74) is 7.20. The molecule has 0 saturated carbocycles. The van der Waals surface area contributed by atoms with Gasteiger partial charge in [0.2, 0.25) is 0 Å². The fourth-order valence-electron chi connectivity index (χ4n) is 2.54. The number of hydrogen-bond donors (Lipinski definition) is 1. The molecule has 16 heavy (non-hydrogen) atoms. The lowest BCUT2D eigenvalue weighted by atomic mass is 9.97. The first-order valence-electron chi connectivity index (χ1n) is 6.01. The van der Waals surface area contributed by atoms with Crippen molar-refractivity contribution in [3.05, 3.63) is 16.1 Å². The molecule has 1 aliphatic rings. The number of hydrogen-bond acceptors (Lipinski definition) is 4. The molecule has 0 aromatic carbocycles. The lowest BCUT2D eigenvalue weighted by Crippen LogP contribution is -2.46. The lowest BCUT2D eigenvalue weighted by molar-refractivity contribution is 0.102. The molecule has 0 aliphatic carbocycles. The van der Waals surface area contributed by atoms with Crippen LogP contribution in [0.4, 0.5) is 0 Å². The number of nitrogens with two attached hydrogens (primary N) is 1. The van der Waals surface area contributed by atoms with Gasteiger partial charge in [-0.15, -0.1) is 11.3 Å². The molecule has 1 aromatic heterocycles. The molecular weight excluding hydrogens is 218 g/mol. The highest BCUT2D eigenvalue weighted by molar-refractivity contribution is 7.09. The van der Waals surface area contributed by atoms with Gasteiger partial charge in [0.25, 0.3) is 0 Å². The van der Waals surface area contributed by atoms with Crippen LogP contribution in [0, 0.1) is 6.92 Å². The van der Waals surface area contributed by atoms with Crippen LogP contribution < -0.4 is 5.73 Å². The Bertz CT molecular complexity index is 350. The third-order valence-electron chi connectivity index (χ3n) is 3.53. The van der Waals surface area contributed by atoms with Crippen LogP contribution in [-0.2, 0) is 0 Å². The summed E-state index contributed by atoms with van der Waals surface area (Å²) in [6.45, 7) is 7.69. The summed E-state index contributed by atoms with van der Waals surface area (Å²) < 4.78 is 0. The molecule has 1 aromatic rings. The summed E-state index contributed by atoms with van der Waals surface area (Å²) in [4.78, 5) is 7.11. The minimum Gasteiger partial charge on any atom is -0.328 e. The van der Waals surface area contributed by atoms with Crippen molar-refractivity contribution in [1.29, 1.82) is 0 Å². The molecule has 2 rings (SSSR count). The van der Waals surface area contributed by atoms with Gasteiger partial charge in [0, 0.05) is 24.0 Å². The largest absolute Gasteiger partial charge is 0.328 e. The molecule has 0 bridgehead atoms. The minimum atomic E-state index is 0.385. The maximum Gasteiger partial charge on any atom is 0.0898 e.